The number of nitrogen functional groups attached to an aromatic ring is 1. The summed E-state index contributed by atoms with van der Waals surface area (Å²) in [5.74, 6) is -0.000910. The van der Waals surface area contributed by atoms with Crippen LogP contribution in [0.15, 0.2) is 66.7 Å². The molecule has 0 spiro atoms. The highest BCUT2D eigenvalue weighted by Crippen LogP contribution is 2.15. The monoisotopic (exact) mass is 331 g/mol. The van der Waals surface area contributed by atoms with E-state index in [4.69, 9.17) is 5.73 Å². The zero-order chi connectivity index (χ0) is 17.6. The molecule has 0 aliphatic rings. The number of benzene rings is 2. The van der Waals surface area contributed by atoms with E-state index in [1.807, 2.05) is 37.3 Å². The molecule has 0 aliphatic heterocycles. The van der Waals surface area contributed by atoms with Gasteiger partial charge in [0.25, 0.3) is 5.91 Å². The fourth-order valence-electron chi connectivity index (χ4n) is 2.66. The number of nitrogens with one attached hydrogen (secondary N) is 1. The minimum absolute atomic E-state index is 0.247. The highest BCUT2D eigenvalue weighted by atomic mass is 16.1. The molecule has 1 amide bonds. The molecule has 3 N–H and O–H groups in total. The molecule has 0 saturated heterocycles. The predicted molar refractivity (Wildman–Crippen MR) is 102 cm³/mol. The highest BCUT2D eigenvalue weighted by Gasteiger charge is 2.11. The lowest BCUT2D eigenvalue weighted by atomic mass is 10.0. The summed E-state index contributed by atoms with van der Waals surface area (Å²) in [6.07, 6.45) is 1.96. The number of hydrogen-bond acceptors (Lipinski definition) is 3. The van der Waals surface area contributed by atoms with Crippen LogP contribution < -0.4 is 11.1 Å². The van der Waals surface area contributed by atoms with Gasteiger partial charge in [-0.3, -0.25) is 4.79 Å². The molecular formula is C21H21N3O. The summed E-state index contributed by atoms with van der Waals surface area (Å²) in [5.41, 5.74) is 10.3. The number of hydrogen-bond donors (Lipinski definition) is 2. The molecule has 1 heterocycles. The zero-order valence-corrected chi connectivity index (χ0v) is 14.2. The molecule has 1 aromatic heterocycles. The Morgan fingerprint density at radius 1 is 0.920 bits per heavy atom. The second kappa shape index (κ2) is 7.62. The fourth-order valence-corrected chi connectivity index (χ4v) is 2.66. The molecule has 126 valence electrons. The molecule has 0 bridgehead atoms. The molecule has 0 fully saturated rings. The van der Waals surface area contributed by atoms with Gasteiger partial charge in [-0.1, -0.05) is 42.5 Å². The lowest BCUT2D eigenvalue weighted by molar-refractivity contribution is 0.102. The molecule has 2 aromatic carbocycles. The van der Waals surface area contributed by atoms with Crippen molar-refractivity contribution >= 4 is 17.4 Å². The topological polar surface area (TPSA) is 68.0 Å². The number of aromatic nitrogens is 1. The summed E-state index contributed by atoms with van der Waals surface area (Å²) in [6, 6.07) is 21.8. The van der Waals surface area contributed by atoms with Crippen molar-refractivity contribution in [3.05, 3.63) is 89.1 Å². The van der Waals surface area contributed by atoms with E-state index in [2.05, 4.69) is 34.6 Å². The first kappa shape index (κ1) is 16.7. The van der Waals surface area contributed by atoms with Gasteiger partial charge >= 0.3 is 0 Å². The summed E-state index contributed by atoms with van der Waals surface area (Å²) >= 11 is 0. The molecular weight excluding hydrogens is 310 g/mol. The van der Waals surface area contributed by atoms with Crippen molar-refractivity contribution in [3.8, 4) is 0 Å². The van der Waals surface area contributed by atoms with Crippen molar-refractivity contribution in [1.29, 1.82) is 0 Å². The number of pyridine rings is 1. The van der Waals surface area contributed by atoms with Gasteiger partial charge in [0.15, 0.2) is 0 Å². The minimum atomic E-state index is -0.248. The normalized spacial score (nSPS) is 10.4. The Labute approximate surface area is 147 Å². The van der Waals surface area contributed by atoms with Gasteiger partial charge in [0.05, 0.1) is 5.56 Å². The van der Waals surface area contributed by atoms with E-state index in [9.17, 15) is 4.79 Å². The van der Waals surface area contributed by atoms with Crippen LogP contribution in [0.3, 0.4) is 0 Å². The van der Waals surface area contributed by atoms with Crippen molar-refractivity contribution in [3.63, 3.8) is 0 Å². The van der Waals surface area contributed by atoms with E-state index in [1.54, 1.807) is 12.1 Å². The van der Waals surface area contributed by atoms with Crippen LogP contribution in [0.1, 0.15) is 27.2 Å². The third-order valence-corrected chi connectivity index (χ3v) is 4.07. The molecule has 0 unspecified atom stereocenters. The van der Waals surface area contributed by atoms with E-state index in [-0.39, 0.29) is 11.7 Å². The van der Waals surface area contributed by atoms with Gasteiger partial charge < -0.3 is 11.1 Å². The van der Waals surface area contributed by atoms with Gasteiger partial charge in [-0.2, -0.15) is 0 Å². The van der Waals surface area contributed by atoms with Gasteiger partial charge in [0.2, 0.25) is 0 Å². The van der Waals surface area contributed by atoms with Gasteiger partial charge in [0.1, 0.15) is 5.82 Å². The van der Waals surface area contributed by atoms with Crippen molar-refractivity contribution < 1.29 is 4.79 Å². The van der Waals surface area contributed by atoms with Gasteiger partial charge in [-0.25, -0.2) is 4.98 Å². The Bertz CT molecular complexity index is 858. The fraction of sp³-hybridized carbons (Fsp3) is 0.143. The van der Waals surface area contributed by atoms with Crippen LogP contribution in [0.25, 0.3) is 0 Å². The van der Waals surface area contributed by atoms with Crippen molar-refractivity contribution in [1.82, 2.24) is 4.98 Å². The van der Waals surface area contributed by atoms with Gasteiger partial charge in [-0.15, -0.1) is 0 Å². The van der Waals surface area contributed by atoms with Crippen LogP contribution in [-0.2, 0) is 12.8 Å². The maximum absolute atomic E-state index is 12.3. The number of nitrogens with two attached hydrogens (primary N) is 1. The average molecular weight is 331 g/mol. The second-order valence-corrected chi connectivity index (χ2v) is 6.02. The number of carbonyl (C=O) groups is 1. The number of anilines is 2. The molecule has 0 aliphatic carbocycles. The van der Waals surface area contributed by atoms with Crippen molar-refractivity contribution in [2.45, 2.75) is 19.8 Å². The Morgan fingerprint density at radius 3 is 2.20 bits per heavy atom. The lowest BCUT2D eigenvalue weighted by Crippen LogP contribution is -2.15. The number of rotatable bonds is 5. The molecule has 4 nitrogen and oxygen atoms in total. The zero-order valence-electron chi connectivity index (χ0n) is 14.2. The maximum Gasteiger partial charge on any atom is 0.259 e. The Morgan fingerprint density at radius 2 is 1.56 bits per heavy atom. The van der Waals surface area contributed by atoms with E-state index >= 15 is 0 Å². The van der Waals surface area contributed by atoms with Crippen LogP contribution >= 0.6 is 0 Å². The van der Waals surface area contributed by atoms with Crippen LogP contribution in [0.5, 0.6) is 0 Å². The smallest absolute Gasteiger partial charge is 0.259 e. The molecule has 3 rings (SSSR count). The number of aryl methyl sites for hydroxylation is 3. The molecule has 3 aromatic rings. The third-order valence-electron chi connectivity index (χ3n) is 4.07. The third kappa shape index (κ3) is 4.44. The highest BCUT2D eigenvalue weighted by molar-refractivity contribution is 6.07. The van der Waals surface area contributed by atoms with Crippen LogP contribution in [-0.4, -0.2) is 10.9 Å². The predicted octanol–water partition coefficient (Wildman–Crippen LogP) is 4.01. The van der Waals surface area contributed by atoms with E-state index in [1.165, 1.54) is 11.1 Å². The number of amides is 1. The molecule has 0 atom stereocenters. The summed E-state index contributed by atoms with van der Waals surface area (Å²) in [5, 5.41) is 2.86. The first-order valence-electron chi connectivity index (χ1n) is 8.29. The van der Waals surface area contributed by atoms with Crippen molar-refractivity contribution in [2.75, 3.05) is 11.1 Å². The Hall–Kier alpha value is -3.14. The summed E-state index contributed by atoms with van der Waals surface area (Å²) in [6.45, 7) is 1.84. The Balaban J connectivity index is 1.61. The molecule has 4 heteroatoms. The number of carbonyl (C=O) groups excluding carboxylic acids is 1. The molecule has 0 radical (unpaired) electrons. The largest absolute Gasteiger partial charge is 0.383 e. The summed E-state index contributed by atoms with van der Waals surface area (Å²) in [7, 11) is 0. The van der Waals surface area contributed by atoms with Crippen LogP contribution in [0, 0.1) is 6.92 Å². The summed E-state index contributed by atoms with van der Waals surface area (Å²) < 4.78 is 0. The van der Waals surface area contributed by atoms with Crippen LogP contribution in [0.4, 0.5) is 11.5 Å². The first-order chi connectivity index (χ1) is 12.1. The second-order valence-electron chi connectivity index (χ2n) is 6.02. The number of nitrogens with zero attached hydrogens (tertiary/aromatic N) is 1. The van der Waals surface area contributed by atoms with E-state index < -0.39 is 0 Å². The van der Waals surface area contributed by atoms with Crippen molar-refractivity contribution in [2.24, 2.45) is 0 Å². The summed E-state index contributed by atoms with van der Waals surface area (Å²) in [4.78, 5) is 16.4. The lowest BCUT2D eigenvalue weighted by Gasteiger charge is -2.08. The van der Waals surface area contributed by atoms with Gasteiger partial charge in [0, 0.05) is 11.4 Å². The van der Waals surface area contributed by atoms with E-state index in [0.29, 0.717) is 5.56 Å². The Kier molecular flexibility index (Phi) is 5.09. The minimum Gasteiger partial charge on any atom is -0.383 e. The quantitative estimate of drug-likeness (QED) is 0.742. The van der Waals surface area contributed by atoms with Crippen LogP contribution in [0.2, 0.25) is 0 Å². The SMILES string of the molecule is Cc1ccc(C(=O)Nc2ccc(CCc3ccccc3)cc2)c(N)n1. The average Bonchev–Trinajstić information content (AvgIpc) is 2.62. The van der Waals surface area contributed by atoms with Gasteiger partial charge in [-0.05, 0) is 55.2 Å². The molecule has 0 saturated carbocycles. The molecule has 25 heavy (non-hydrogen) atoms. The standard InChI is InChI=1S/C21H21N3O/c1-15-7-14-19(20(22)23-15)21(25)24-18-12-10-17(11-13-18)9-8-16-5-3-2-4-6-16/h2-7,10-14H,8-9H2,1H3,(H2,22,23)(H,24,25). The van der Waals surface area contributed by atoms with E-state index in [0.717, 1.165) is 24.2 Å². The first-order valence-corrected chi connectivity index (χ1v) is 8.29. The maximum atomic E-state index is 12.3.